The molecule has 2 atom stereocenters. The molecule has 1 N–H and O–H groups in total. The highest BCUT2D eigenvalue weighted by molar-refractivity contribution is 6.30. The zero-order chi connectivity index (χ0) is 14.7. The van der Waals surface area contributed by atoms with Crippen LogP contribution in [0.25, 0.3) is 0 Å². The molecule has 0 aliphatic carbocycles. The van der Waals surface area contributed by atoms with E-state index in [9.17, 15) is 4.39 Å². The van der Waals surface area contributed by atoms with Gasteiger partial charge in [0.15, 0.2) is 0 Å². The van der Waals surface area contributed by atoms with Crippen LogP contribution in [0.5, 0.6) is 0 Å². The molecule has 0 aliphatic rings. The van der Waals surface area contributed by atoms with Gasteiger partial charge in [0.2, 0.25) is 0 Å². The Balaban J connectivity index is 2.08. The molecule has 0 radical (unpaired) electrons. The summed E-state index contributed by atoms with van der Waals surface area (Å²) in [5.41, 5.74) is 2.00. The van der Waals surface area contributed by atoms with Crippen LogP contribution in [0.4, 0.5) is 4.39 Å². The third kappa shape index (κ3) is 3.72. The summed E-state index contributed by atoms with van der Waals surface area (Å²) in [6.07, 6.45) is 0. The second-order valence-electron chi connectivity index (χ2n) is 4.84. The van der Waals surface area contributed by atoms with Crippen molar-refractivity contribution in [2.45, 2.75) is 25.9 Å². The summed E-state index contributed by atoms with van der Waals surface area (Å²) in [7, 11) is 0. The Morgan fingerprint density at radius 2 is 1.45 bits per heavy atom. The smallest absolute Gasteiger partial charge is 0.142 e. The van der Waals surface area contributed by atoms with E-state index in [2.05, 4.69) is 12.2 Å². The van der Waals surface area contributed by atoms with Gasteiger partial charge >= 0.3 is 0 Å². The van der Waals surface area contributed by atoms with Crippen molar-refractivity contribution in [3.63, 3.8) is 0 Å². The highest BCUT2D eigenvalue weighted by atomic mass is 35.5. The maximum Gasteiger partial charge on any atom is 0.142 e. The summed E-state index contributed by atoms with van der Waals surface area (Å²) in [6.45, 7) is 4.06. The molecule has 0 amide bonds. The molecular formula is C16H16Cl2FN. The second kappa shape index (κ2) is 6.57. The van der Waals surface area contributed by atoms with Crippen molar-refractivity contribution < 1.29 is 4.39 Å². The number of rotatable bonds is 4. The van der Waals surface area contributed by atoms with E-state index in [1.807, 2.05) is 37.3 Å². The molecule has 0 saturated carbocycles. The molecular weight excluding hydrogens is 296 g/mol. The largest absolute Gasteiger partial charge is 0.304 e. The van der Waals surface area contributed by atoms with Crippen LogP contribution >= 0.6 is 23.2 Å². The first-order chi connectivity index (χ1) is 9.47. The molecule has 2 unspecified atom stereocenters. The van der Waals surface area contributed by atoms with Gasteiger partial charge < -0.3 is 5.32 Å². The highest BCUT2D eigenvalue weighted by Crippen LogP contribution is 2.23. The molecule has 0 bridgehead atoms. The number of benzene rings is 2. The van der Waals surface area contributed by atoms with Crippen molar-refractivity contribution in [3.8, 4) is 0 Å². The fourth-order valence-corrected chi connectivity index (χ4v) is 2.34. The Morgan fingerprint density at radius 3 is 2.05 bits per heavy atom. The van der Waals surface area contributed by atoms with Gasteiger partial charge in [-0.3, -0.25) is 0 Å². The Morgan fingerprint density at radius 1 is 0.900 bits per heavy atom. The van der Waals surface area contributed by atoms with Gasteiger partial charge in [-0.15, -0.1) is 0 Å². The fraction of sp³-hybridized carbons (Fsp3) is 0.250. The lowest BCUT2D eigenvalue weighted by molar-refractivity contribution is 0.492. The molecule has 0 spiro atoms. The first kappa shape index (κ1) is 15.3. The number of hydrogen-bond acceptors (Lipinski definition) is 1. The Labute approximate surface area is 128 Å². The topological polar surface area (TPSA) is 12.0 Å². The molecule has 1 nitrogen and oxygen atoms in total. The minimum Gasteiger partial charge on any atom is -0.304 e. The van der Waals surface area contributed by atoms with Crippen LogP contribution in [-0.4, -0.2) is 0 Å². The molecule has 2 rings (SSSR count). The van der Waals surface area contributed by atoms with Crippen LogP contribution in [0.2, 0.25) is 10.0 Å². The van der Waals surface area contributed by atoms with E-state index < -0.39 is 5.82 Å². The van der Waals surface area contributed by atoms with Crippen LogP contribution in [-0.2, 0) is 0 Å². The second-order valence-corrected chi connectivity index (χ2v) is 5.68. The summed E-state index contributed by atoms with van der Waals surface area (Å²) in [5, 5.41) is 4.29. The van der Waals surface area contributed by atoms with Crippen LogP contribution in [0.3, 0.4) is 0 Å². The predicted octanol–water partition coefficient (Wildman–Crippen LogP) is 5.54. The van der Waals surface area contributed by atoms with E-state index in [4.69, 9.17) is 23.2 Å². The Kier molecular flexibility index (Phi) is 5.03. The van der Waals surface area contributed by atoms with Crippen LogP contribution in [0.15, 0.2) is 42.5 Å². The van der Waals surface area contributed by atoms with E-state index in [-0.39, 0.29) is 17.1 Å². The Hall–Kier alpha value is -1.09. The lowest BCUT2D eigenvalue weighted by Crippen LogP contribution is -2.22. The zero-order valence-electron chi connectivity index (χ0n) is 11.3. The standard InChI is InChI=1S/C16H16Cl2FN/c1-10(12-3-6-14(17)7-4-12)20-11(2)13-5-8-15(18)16(19)9-13/h3-11,20H,1-2H3. The minimum absolute atomic E-state index is 0.0208. The quantitative estimate of drug-likeness (QED) is 0.781. The van der Waals surface area contributed by atoms with Crippen LogP contribution < -0.4 is 5.32 Å². The molecule has 20 heavy (non-hydrogen) atoms. The molecule has 4 heteroatoms. The van der Waals surface area contributed by atoms with E-state index in [0.29, 0.717) is 5.02 Å². The molecule has 0 fully saturated rings. The predicted molar refractivity (Wildman–Crippen MR) is 82.8 cm³/mol. The maximum atomic E-state index is 13.5. The summed E-state index contributed by atoms with van der Waals surface area (Å²) in [6, 6.07) is 12.7. The zero-order valence-corrected chi connectivity index (χ0v) is 12.8. The molecule has 0 saturated heterocycles. The van der Waals surface area contributed by atoms with E-state index in [0.717, 1.165) is 11.1 Å². The van der Waals surface area contributed by atoms with Gasteiger partial charge in [-0.25, -0.2) is 4.39 Å². The van der Waals surface area contributed by atoms with Crippen LogP contribution in [0, 0.1) is 5.82 Å². The maximum absolute atomic E-state index is 13.5. The SMILES string of the molecule is CC(NC(C)c1ccc(Cl)c(F)c1)c1ccc(Cl)cc1. The number of nitrogens with one attached hydrogen (secondary N) is 1. The van der Waals surface area contributed by atoms with Gasteiger partial charge in [0.25, 0.3) is 0 Å². The lowest BCUT2D eigenvalue weighted by Gasteiger charge is -2.21. The Bertz CT molecular complexity index is 584. The van der Waals surface area contributed by atoms with Crippen LogP contribution in [0.1, 0.15) is 37.1 Å². The van der Waals surface area contributed by atoms with Crippen molar-refractivity contribution >= 4 is 23.2 Å². The number of halogens is 3. The summed E-state index contributed by atoms with van der Waals surface area (Å²) in [4.78, 5) is 0. The summed E-state index contributed by atoms with van der Waals surface area (Å²) < 4.78 is 13.5. The molecule has 106 valence electrons. The van der Waals surface area contributed by atoms with Gasteiger partial charge in [0, 0.05) is 17.1 Å². The highest BCUT2D eigenvalue weighted by Gasteiger charge is 2.12. The molecule has 0 heterocycles. The molecule has 0 aromatic heterocycles. The first-order valence-corrected chi connectivity index (χ1v) is 7.19. The van der Waals surface area contributed by atoms with Crippen molar-refractivity contribution in [2.24, 2.45) is 0 Å². The van der Waals surface area contributed by atoms with Gasteiger partial charge in [-0.05, 0) is 49.2 Å². The van der Waals surface area contributed by atoms with Crippen molar-refractivity contribution in [3.05, 3.63) is 69.5 Å². The normalized spacial score (nSPS) is 14.1. The average Bonchev–Trinajstić information content (AvgIpc) is 2.42. The van der Waals surface area contributed by atoms with E-state index in [1.54, 1.807) is 6.07 Å². The lowest BCUT2D eigenvalue weighted by atomic mass is 10.0. The van der Waals surface area contributed by atoms with Gasteiger partial charge in [-0.2, -0.15) is 0 Å². The monoisotopic (exact) mass is 311 g/mol. The molecule has 2 aromatic rings. The third-order valence-corrected chi connectivity index (χ3v) is 3.87. The van der Waals surface area contributed by atoms with E-state index in [1.165, 1.54) is 6.07 Å². The molecule has 0 aliphatic heterocycles. The minimum atomic E-state index is -0.392. The third-order valence-electron chi connectivity index (χ3n) is 3.31. The van der Waals surface area contributed by atoms with Gasteiger partial charge in [0.05, 0.1) is 5.02 Å². The molecule has 2 aromatic carbocycles. The number of hydrogen-bond donors (Lipinski definition) is 1. The first-order valence-electron chi connectivity index (χ1n) is 6.44. The van der Waals surface area contributed by atoms with Crippen molar-refractivity contribution in [2.75, 3.05) is 0 Å². The average molecular weight is 312 g/mol. The van der Waals surface area contributed by atoms with Gasteiger partial charge in [0.1, 0.15) is 5.82 Å². The summed E-state index contributed by atoms with van der Waals surface area (Å²) >= 11 is 11.6. The van der Waals surface area contributed by atoms with Crippen molar-refractivity contribution in [1.82, 2.24) is 5.32 Å². The fourth-order valence-electron chi connectivity index (χ4n) is 2.10. The van der Waals surface area contributed by atoms with Crippen molar-refractivity contribution in [1.29, 1.82) is 0 Å². The van der Waals surface area contributed by atoms with Gasteiger partial charge in [-0.1, -0.05) is 41.4 Å². The summed E-state index contributed by atoms with van der Waals surface area (Å²) in [5.74, 6) is -0.392. The van der Waals surface area contributed by atoms with E-state index >= 15 is 0 Å².